The fourth-order valence-electron chi connectivity index (χ4n) is 3.36. The number of rotatable bonds is 5. The number of hydrogen-bond donors (Lipinski definition) is 1. The molecule has 1 saturated heterocycles. The van der Waals surface area contributed by atoms with Gasteiger partial charge in [0.2, 0.25) is 0 Å². The zero-order valence-electron chi connectivity index (χ0n) is 16.4. The van der Waals surface area contributed by atoms with Gasteiger partial charge in [-0.15, -0.1) is 0 Å². The molecule has 0 bridgehead atoms. The van der Waals surface area contributed by atoms with Crippen LogP contribution in [0, 0.1) is 5.92 Å². The van der Waals surface area contributed by atoms with Gasteiger partial charge in [-0.2, -0.15) is 0 Å². The van der Waals surface area contributed by atoms with Crippen LogP contribution in [0.4, 0.5) is 4.79 Å². The molecule has 0 unspecified atom stereocenters. The Morgan fingerprint density at radius 3 is 2.55 bits per heavy atom. The van der Waals surface area contributed by atoms with Crippen molar-refractivity contribution >= 4 is 23.6 Å². The van der Waals surface area contributed by atoms with Crippen LogP contribution in [0.15, 0.2) is 42.6 Å². The van der Waals surface area contributed by atoms with Gasteiger partial charge in [0.1, 0.15) is 0 Å². The molecular weight excluding hydrogens is 394 g/mol. The van der Waals surface area contributed by atoms with Crippen LogP contribution in [0.3, 0.4) is 0 Å². The lowest BCUT2D eigenvalue weighted by atomic mass is 9.90. The lowest BCUT2D eigenvalue weighted by Crippen LogP contribution is -2.46. The minimum atomic E-state index is -0.424. The number of aromatic nitrogens is 1. The van der Waals surface area contributed by atoms with Gasteiger partial charge in [0.05, 0.1) is 7.11 Å². The number of methoxy groups -OCH3 is 1. The van der Waals surface area contributed by atoms with E-state index in [1.54, 1.807) is 47.5 Å². The molecule has 7 nitrogen and oxygen atoms in total. The van der Waals surface area contributed by atoms with Gasteiger partial charge in [-0.25, -0.2) is 9.78 Å². The van der Waals surface area contributed by atoms with Crippen molar-refractivity contribution in [3.05, 3.63) is 53.2 Å². The van der Waals surface area contributed by atoms with Crippen molar-refractivity contribution in [1.29, 1.82) is 0 Å². The summed E-state index contributed by atoms with van der Waals surface area (Å²) in [5.41, 5.74) is 0.577. The van der Waals surface area contributed by atoms with Crippen molar-refractivity contribution in [2.75, 3.05) is 20.2 Å². The van der Waals surface area contributed by atoms with Crippen LogP contribution < -0.4 is 14.8 Å². The Kier molecular flexibility index (Phi) is 6.93. The van der Waals surface area contributed by atoms with Crippen LogP contribution in [0.25, 0.3) is 0 Å². The number of carbonyl (C=O) groups is 2. The van der Waals surface area contributed by atoms with Gasteiger partial charge in [-0.3, -0.25) is 4.79 Å². The number of amides is 2. The predicted octanol–water partition coefficient (Wildman–Crippen LogP) is 3.77. The second-order valence-electron chi connectivity index (χ2n) is 6.97. The van der Waals surface area contributed by atoms with Crippen LogP contribution in [0.5, 0.6) is 11.6 Å². The van der Waals surface area contributed by atoms with Crippen molar-refractivity contribution in [2.24, 2.45) is 5.92 Å². The van der Waals surface area contributed by atoms with Gasteiger partial charge in [0.15, 0.2) is 5.75 Å². The standard InChI is InChI=1S/C21H24ClN3O4/c1-14(24-19(26)16-5-7-17(22)8-6-16)15-9-12-25(13-10-15)21(27)29-18-4-3-11-23-20(18)28-2/h3-8,11,14-15H,9-10,12-13H2,1-2H3,(H,24,26)/t14-/m1/s1. The van der Waals surface area contributed by atoms with E-state index in [1.807, 2.05) is 6.92 Å². The maximum absolute atomic E-state index is 12.4. The topological polar surface area (TPSA) is 80.8 Å². The molecule has 0 saturated carbocycles. The highest BCUT2D eigenvalue weighted by Gasteiger charge is 2.28. The number of nitrogens with one attached hydrogen (secondary N) is 1. The first-order valence-corrected chi connectivity index (χ1v) is 9.88. The highest BCUT2D eigenvalue weighted by atomic mass is 35.5. The highest BCUT2D eigenvalue weighted by Crippen LogP contribution is 2.26. The normalized spacial score (nSPS) is 15.5. The summed E-state index contributed by atoms with van der Waals surface area (Å²) in [6.45, 7) is 3.12. The Bertz CT molecular complexity index is 851. The zero-order chi connectivity index (χ0) is 20.8. The number of nitrogens with zero attached hydrogens (tertiary/aromatic N) is 2. The first-order chi connectivity index (χ1) is 14.0. The van der Waals surface area contributed by atoms with Gasteiger partial charge in [-0.05, 0) is 62.1 Å². The highest BCUT2D eigenvalue weighted by molar-refractivity contribution is 6.30. The van der Waals surface area contributed by atoms with E-state index in [4.69, 9.17) is 21.1 Å². The van der Waals surface area contributed by atoms with E-state index in [0.29, 0.717) is 29.4 Å². The summed E-state index contributed by atoms with van der Waals surface area (Å²) in [6, 6.07) is 10.1. The van der Waals surface area contributed by atoms with E-state index in [1.165, 1.54) is 7.11 Å². The summed E-state index contributed by atoms with van der Waals surface area (Å²) >= 11 is 5.87. The number of pyridine rings is 1. The molecule has 1 aliphatic heterocycles. The van der Waals surface area contributed by atoms with Crippen LogP contribution >= 0.6 is 11.6 Å². The molecule has 29 heavy (non-hydrogen) atoms. The third-order valence-corrected chi connectivity index (χ3v) is 5.35. The van der Waals surface area contributed by atoms with Crippen LogP contribution in [-0.4, -0.2) is 48.1 Å². The number of likely N-dealkylation sites (tertiary alicyclic amines) is 1. The van der Waals surface area contributed by atoms with Crippen LogP contribution in [0.1, 0.15) is 30.1 Å². The van der Waals surface area contributed by atoms with Crippen LogP contribution in [-0.2, 0) is 0 Å². The number of ether oxygens (including phenoxy) is 2. The van der Waals surface area contributed by atoms with E-state index in [2.05, 4.69) is 10.3 Å². The molecule has 2 heterocycles. The van der Waals surface area contributed by atoms with Crippen LogP contribution in [0.2, 0.25) is 5.02 Å². The molecule has 8 heteroatoms. The van der Waals surface area contributed by atoms with Crippen molar-refractivity contribution < 1.29 is 19.1 Å². The lowest BCUT2D eigenvalue weighted by molar-refractivity contribution is 0.0894. The molecule has 0 radical (unpaired) electrons. The average Bonchev–Trinajstić information content (AvgIpc) is 2.74. The number of piperidine rings is 1. The van der Waals surface area contributed by atoms with Gasteiger partial charge in [0.25, 0.3) is 11.8 Å². The summed E-state index contributed by atoms with van der Waals surface area (Å²) in [5.74, 6) is 0.725. The molecule has 0 aliphatic carbocycles. The monoisotopic (exact) mass is 417 g/mol. The van der Waals surface area contributed by atoms with Crippen molar-refractivity contribution in [2.45, 2.75) is 25.8 Å². The second-order valence-corrected chi connectivity index (χ2v) is 7.41. The van der Waals surface area contributed by atoms with E-state index in [9.17, 15) is 9.59 Å². The average molecular weight is 418 g/mol. The number of hydrogen-bond acceptors (Lipinski definition) is 5. The minimum absolute atomic E-state index is 0.00485. The fraction of sp³-hybridized carbons (Fsp3) is 0.381. The van der Waals surface area contributed by atoms with Crippen molar-refractivity contribution in [3.63, 3.8) is 0 Å². The smallest absolute Gasteiger partial charge is 0.415 e. The molecular formula is C21H24ClN3O4. The number of benzene rings is 1. The first-order valence-electron chi connectivity index (χ1n) is 9.50. The quantitative estimate of drug-likeness (QED) is 0.800. The summed E-state index contributed by atoms with van der Waals surface area (Å²) in [4.78, 5) is 30.5. The lowest BCUT2D eigenvalue weighted by Gasteiger charge is -2.34. The SMILES string of the molecule is COc1ncccc1OC(=O)N1CCC([C@@H](C)NC(=O)c2ccc(Cl)cc2)CC1. The Morgan fingerprint density at radius 2 is 1.90 bits per heavy atom. The maximum Gasteiger partial charge on any atom is 0.415 e. The van der Waals surface area contributed by atoms with Gasteiger partial charge in [-0.1, -0.05) is 11.6 Å². The summed E-state index contributed by atoms with van der Waals surface area (Å²) < 4.78 is 10.5. The Labute approximate surface area is 175 Å². The van der Waals surface area contributed by atoms with E-state index in [0.717, 1.165) is 12.8 Å². The molecule has 3 rings (SSSR count). The third kappa shape index (κ3) is 5.38. The molecule has 0 spiro atoms. The summed E-state index contributed by atoms with van der Waals surface area (Å²) in [7, 11) is 1.48. The van der Waals surface area contributed by atoms with E-state index in [-0.39, 0.29) is 23.7 Å². The summed E-state index contributed by atoms with van der Waals surface area (Å²) in [5, 5.41) is 3.64. The van der Waals surface area contributed by atoms with Gasteiger partial charge < -0.3 is 19.7 Å². The third-order valence-electron chi connectivity index (χ3n) is 5.10. The zero-order valence-corrected chi connectivity index (χ0v) is 17.2. The van der Waals surface area contributed by atoms with Crippen molar-refractivity contribution in [1.82, 2.24) is 15.2 Å². The predicted molar refractivity (Wildman–Crippen MR) is 109 cm³/mol. The van der Waals surface area contributed by atoms with Crippen molar-refractivity contribution in [3.8, 4) is 11.6 Å². The molecule has 1 aromatic heterocycles. The molecule has 1 aromatic carbocycles. The largest absolute Gasteiger partial charge is 0.478 e. The van der Waals surface area contributed by atoms with E-state index < -0.39 is 6.09 Å². The van der Waals surface area contributed by atoms with Gasteiger partial charge >= 0.3 is 6.09 Å². The number of carbonyl (C=O) groups excluding carboxylic acids is 2. The maximum atomic E-state index is 12.4. The molecule has 1 atom stereocenters. The Balaban J connectivity index is 1.49. The Morgan fingerprint density at radius 1 is 1.21 bits per heavy atom. The Hall–Kier alpha value is -2.80. The number of halogens is 1. The van der Waals surface area contributed by atoms with E-state index >= 15 is 0 Å². The molecule has 2 aromatic rings. The van der Waals surface area contributed by atoms with Gasteiger partial charge in [0, 0.05) is 35.9 Å². The summed E-state index contributed by atoms with van der Waals surface area (Å²) in [6.07, 6.45) is 2.71. The second kappa shape index (κ2) is 9.60. The molecule has 1 N–H and O–H groups in total. The first kappa shape index (κ1) is 20.9. The molecule has 1 aliphatic rings. The minimum Gasteiger partial charge on any atom is -0.478 e. The molecule has 1 fully saturated rings. The molecule has 154 valence electrons. The fourth-order valence-corrected chi connectivity index (χ4v) is 3.48. The molecule has 2 amide bonds.